The summed E-state index contributed by atoms with van der Waals surface area (Å²) < 4.78 is 19.8. The van der Waals surface area contributed by atoms with Gasteiger partial charge in [-0.1, -0.05) is 18.2 Å². The van der Waals surface area contributed by atoms with Crippen molar-refractivity contribution in [1.82, 2.24) is 5.32 Å². The summed E-state index contributed by atoms with van der Waals surface area (Å²) in [4.78, 5) is 12.3. The molecule has 0 atom stereocenters. The number of halogens is 2. The largest absolute Gasteiger partial charge is 0.496 e. The molecule has 1 aliphatic heterocycles. The topological polar surface area (TPSA) is 50.4 Å². The predicted molar refractivity (Wildman–Crippen MR) is 99.1 cm³/mol. The number of amides is 1. The van der Waals surface area contributed by atoms with E-state index in [2.05, 4.69) is 10.6 Å². The van der Waals surface area contributed by atoms with Gasteiger partial charge in [0.15, 0.2) is 0 Å². The van der Waals surface area contributed by atoms with Gasteiger partial charge in [0.1, 0.15) is 11.6 Å². The molecule has 1 aliphatic rings. The highest BCUT2D eigenvalue weighted by molar-refractivity contribution is 5.92. The quantitative estimate of drug-likeness (QED) is 0.874. The Bertz CT molecular complexity index is 780. The molecule has 25 heavy (non-hydrogen) atoms. The van der Waals surface area contributed by atoms with Crippen LogP contribution < -0.4 is 15.4 Å². The van der Waals surface area contributed by atoms with Gasteiger partial charge < -0.3 is 15.4 Å². The third kappa shape index (κ3) is 4.30. The maximum Gasteiger partial charge on any atom is 0.228 e. The van der Waals surface area contributed by atoms with Crippen molar-refractivity contribution in [2.24, 2.45) is 0 Å². The molecule has 0 radical (unpaired) electrons. The van der Waals surface area contributed by atoms with E-state index in [1.807, 2.05) is 31.2 Å². The minimum absolute atomic E-state index is 0. The summed E-state index contributed by atoms with van der Waals surface area (Å²) in [5.74, 6) is 0.185. The highest BCUT2D eigenvalue weighted by Crippen LogP contribution is 2.25. The lowest BCUT2D eigenvalue weighted by Crippen LogP contribution is -2.25. The first kappa shape index (κ1) is 19.2. The van der Waals surface area contributed by atoms with Gasteiger partial charge in [0, 0.05) is 6.54 Å². The SMILES string of the molecule is COc1cc(CC(=O)Nc2ccc3c(c2F)CCNC3)ccc1C.Cl. The predicted octanol–water partition coefficient (Wildman–Crippen LogP) is 3.39. The minimum atomic E-state index is -0.316. The van der Waals surface area contributed by atoms with Crippen LogP contribution in [0.1, 0.15) is 22.3 Å². The lowest BCUT2D eigenvalue weighted by molar-refractivity contribution is -0.115. The highest BCUT2D eigenvalue weighted by atomic mass is 35.5. The molecule has 2 aromatic rings. The van der Waals surface area contributed by atoms with Gasteiger partial charge >= 0.3 is 0 Å². The van der Waals surface area contributed by atoms with E-state index in [1.54, 1.807) is 13.2 Å². The number of methoxy groups -OCH3 is 1. The fraction of sp³-hybridized carbons (Fsp3) is 0.316. The smallest absolute Gasteiger partial charge is 0.228 e. The average molecular weight is 365 g/mol. The summed E-state index contributed by atoms with van der Waals surface area (Å²) in [5, 5.41) is 5.90. The molecular formula is C19H22ClFN2O2. The van der Waals surface area contributed by atoms with Crippen LogP contribution in [0.2, 0.25) is 0 Å². The molecular weight excluding hydrogens is 343 g/mol. The second kappa shape index (κ2) is 8.32. The number of anilines is 1. The normalized spacial score (nSPS) is 12.8. The van der Waals surface area contributed by atoms with Crippen molar-refractivity contribution >= 4 is 24.0 Å². The van der Waals surface area contributed by atoms with E-state index in [0.717, 1.165) is 29.0 Å². The number of hydrogen-bond donors (Lipinski definition) is 2. The molecule has 0 saturated carbocycles. The van der Waals surface area contributed by atoms with Crippen molar-refractivity contribution in [2.45, 2.75) is 26.3 Å². The third-order valence-corrected chi connectivity index (χ3v) is 4.32. The van der Waals surface area contributed by atoms with Crippen molar-refractivity contribution in [1.29, 1.82) is 0 Å². The zero-order valence-electron chi connectivity index (χ0n) is 14.3. The number of ether oxygens (including phenoxy) is 1. The fourth-order valence-corrected chi connectivity index (χ4v) is 2.98. The number of nitrogens with one attached hydrogen (secondary N) is 2. The number of rotatable bonds is 4. The van der Waals surface area contributed by atoms with Gasteiger partial charge in [-0.3, -0.25) is 4.79 Å². The van der Waals surface area contributed by atoms with E-state index >= 15 is 0 Å². The Kier molecular flexibility index (Phi) is 6.39. The van der Waals surface area contributed by atoms with Gasteiger partial charge in [-0.05, 0) is 54.3 Å². The number of benzene rings is 2. The summed E-state index contributed by atoms with van der Waals surface area (Å²) >= 11 is 0. The average Bonchev–Trinajstić information content (AvgIpc) is 2.59. The molecule has 0 unspecified atom stereocenters. The highest BCUT2D eigenvalue weighted by Gasteiger charge is 2.17. The summed E-state index contributed by atoms with van der Waals surface area (Å²) in [6.45, 7) is 3.37. The molecule has 0 aromatic heterocycles. The van der Waals surface area contributed by atoms with Crippen LogP contribution in [0.5, 0.6) is 5.75 Å². The molecule has 1 heterocycles. The molecule has 4 nitrogen and oxygen atoms in total. The Morgan fingerprint density at radius 1 is 1.32 bits per heavy atom. The van der Waals surface area contributed by atoms with Crippen LogP contribution in [0.4, 0.5) is 10.1 Å². The van der Waals surface area contributed by atoms with Gasteiger partial charge in [0.25, 0.3) is 0 Å². The molecule has 2 aromatic carbocycles. The maximum absolute atomic E-state index is 14.6. The van der Waals surface area contributed by atoms with Crippen molar-refractivity contribution < 1.29 is 13.9 Å². The van der Waals surface area contributed by atoms with Crippen molar-refractivity contribution in [3.8, 4) is 5.75 Å². The van der Waals surface area contributed by atoms with Gasteiger partial charge in [-0.15, -0.1) is 12.4 Å². The van der Waals surface area contributed by atoms with Crippen LogP contribution in [-0.2, 0) is 24.2 Å². The van der Waals surface area contributed by atoms with Crippen LogP contribution in [0.15, 0.2) is 30.3 Å². The van der Waals surface area contributed by atoms with Gasteiger partial charge in [0.05, 0.1) is 19.2 Å². The maximum atomic E-state index is 14.6. The Hall–Kier alpha value is -2.11. The second-order valence-electron chi connectivity index (χ2n) is 6.02. The van der Waals surface area contributed by atoms with E-state index < -0.39 is 0 Å². The summed E-state index contributed by atoms with van der Waals surface area (Å²) in [7, 11) is 1.60. The van der Waals surface area contributed by atoms with E-state index in [1.165, 1.54) is 0 Å². The third-order valence-electron chi connectivity index (χ3n) is 4.32. The standard InChI is InChI=1S/C19H21FN2O2.ClH/c1-12-3-4-13(9-17(12)24-2)10-18(23)22-16-6-5-14-11-21-8-7-15(14)19(16)20;/h3-6,9,21H,7-8,10-11H2,1-2H3,(H,22,23);1H. The van der Waals surface area contributed by atoms with Crippen molar-refractivity contribution in [3.05, 3.63) is 58.4 Å². The first-order valence-electron chi connectivity index (χ1n) is 8.03. The summed E-state index contributed by atoms with van der Waals surface area (Å²) in [6.07, 6.45) is 0.814. The number of carbonyl (C=O) groups excluding carboxylic acids is 1. The van der Waals surface area contributed by atoms with Gasteiger partial charge in [-0.2, -0.15) is 0 Å². The first-order valence-corrected chi connectivity index (χ1v) is 8.03. The van der Waals surface area contributed by atoms with Crippen LogP contribution in [-0.4, -0.2) is 19.6 Å². The molecule has 0 spiro atoms. The molecule has 134 valence electrons. The zero-order chi connectivity index (χ0) is 17.1. The second-order valence-corrected chi connectivity index (χ2v) is 6.02. The number of carbonyl (C=O) groups is 1. The van der Waals surface area contributed by atoms with Crippen LogP contribution >= 0.6 is 12.4 Å². The van der Waals surface area contributed by atoms with Crippen LogP contribution in [0, 0.1) is 12.7 Å². The Labute approximate surface area is 153 Å². The van der Waals surface area contributed by atoms with E-state index in [0.29, 0.717) is 18.5 Å². The van der Waals surface area contributed by atoms with Gasteiger partial charge in [-0.25, -0.2) is 4.39 Å². The van der Waals surface area contributed by atoms with Crippen molar-refractivity contribution in [2.75, 3.05) is 19.0 Å². The molecule has 2 N–H and O–H groups in total. The lowest BCUT2D eigenvalue weighted by Gasteiger charge is -2.19. The zero-order valence-corrected chi connectivity index (χ0v) is 15.1. The number of aryl methyl sites for hydroxylation is 1. The first-order chi connectivity index (χ1) is 11.6. The fourth-order valence-electron chi connectivity index (χ4n) is 2.98. The van der Waals surface area contributed by atoms with Gasteiger partial charge in [0.2, 0.25) is 5.91 Å². The molecule has 0 saturated heterocycles. The summed E-state index contributed by atoms with van der Waals surface area (Å²) in [5.41, 5.74) is 3.75. The minimum Gasteiger partial charge on any atom is -0.496 e. The molecule has 0 fully saturated rings. The monoisotopic (exact) mass is 364 g/mol. The Morgan fingerprint density at radius 3 is 2.88 bits per heavy atom. The molecule has 6 heteroatoms. The Morgan fingerprint density at radius 2 is 2.12 bits per heavy atom. The molecule has 0 aliphatic carbocycles. The molecule has 3 rings (SSSR count). The van der Waals surface area contributed by atoms with E-state index in [-0.39, 0.29) is 36.2 Å². The summed E-state index contributed by atoms with van der Waals surface area (Å²) in [6, 6.07) is 9.13. The Balaban J connectivity index is 0.00000225. The van der Waals surface area contributed by atoms with Crippen LogP contribution in [0.3, 0.4) is 0 Å². The number of hydrogen-bond acceptors (Lipinski definition) is 3. The number of fused-ring (bicyclic) bond motifs is 1. The molecule has 0 bridgehead atoms. The lowest BCUT2D eigenvalue weighted by atomic mass is 9.99. The van der Waals surface area contributed by atoms with Crippen molar-refractivity contribution in [3.63, 3.8) is 0 Å². The van der Waals surface area contributed by atoms with Crippen LogP contribution in [0.25, 0.3) is 0 Å². The molecule has 1 amide bonds. The van der Waals surface area contributed by atoms with E-state index in [9.17, 15) is 9.18 Å². The van der Waals surface area contributed by atoms with E-state index in [4.69, 9.17) is 4.74 Å².